The van der Waals surface area contributed by atoms with E-state index in [-0.39, 0.29) is 5.91 Å². The van der Waals surface area contributed by atoms with Crippen LogP contribution in [-0.2, 0) is 10.2 Å². The zero-order valence-corrected chi connectivity index (χ0v) is 10.2. The van der Waals surface area contributed by atoms with Gasteiger partial charge in [0.05, 0.1) is 25.3 Å². The summed E-state index contributed by atoms with van der Waals surface area (Å²) < 4.78 is 10.5. The van der Waals surface area contributed by atoms with Gasteiger partial charge < -0.3 is 14.8 Å². The molecular weight excluding hydrogens is 218 g/mol. The number of carbonyl (C=O) groups is 1. The summed E-state index contributed by atoms with van der Waals surface area (Å²) >= 11 is 0. The SMILES string of the molecule is C=CC1(C)C(=O)Nc2cc(OC)cc(OC)c21. The summed E-state index contributed by atoms with van der Waals surface area (Å²) in [6.45, 7) is 5.55. The highest BCUT2D eigenvalue weighted by Crippen LogP contribution is 2.46. The fourth-order valence-electron chi connectivity index (χ4n) is 2.06. The Hall–Kier alpha value is -1.97. The highest BCUT2D eigenvalue weighted by molar-refractivity contribution is 6.08. The van der Waals surface area contributed by atoms with Crippen LogP contribution in [0.25, 0.3) is 0 Å². The second-order valence-electron chi connectivity index (χ2n) is 4.11. The molecule has 4 nitrogen and oxygen atoms in total. The molecule has 1 atom stereocenters. The summed E-state index contributed by atoms with van der Waals surface area (Å²) in [5.41, 5.74) is 0.766. The van der Waals surface area contributed by atoms with Crippen molar-refractivity contribution in [2.45, 2.75) is 12.3 Å². The molecule has 0 saturated heterocycles. The quantitative estimate of drug-likeness (QED) is 0.813. The average molecular weight is 233 g/mol. The van der Waals surface area contributed by atoms with Gasteiger partial charge >= 0.3 is 0 Å². The van der Waals surface area contributed by atoms with E-state index in [1.54, 1.807) is 32.4 Å². The van der Waals surface area contributed by atoms with E-state index in [0.29, 0.717) is 17.2 Å². The van der Waals surface area contributed by atoms with Crippen molar-refractivity contribution < 1.29 is 14.3 Å². The first-order valence-electron chi connectivity index (χ1n) is 5.28. The minimum Gasteiger partial charge on any atom is -0.497 e. The standard InChI is InChI=1S/C13H15NO3/c1-5-13(2)11-9(14-12(13)15)6-8(16-3)7-10(11)17-4/h5-7H,1H2,2-4H3,(H,14,15). The first kappa shape index (κ1) is 11.5. The van der Waals surface area contributed by atoms with Crippen LogP contribution in [0.3, 0.4) is 0 Å². The number of amides is 1. The van der Waals surface area contributed by atoms with E-state index in [4.69, 9.17) is 9.47 Å². The van der Waals surface area contributed by atoms with Crippen LogP contribution in [0.2, 0.25) is 0 Å². The Labute approximate surface area is 100 Å². The molecule has 0 aliphatic carbocycles. The van der Waals surface area contributed by atoms with Crippen LogP contribution in [0, 0.1) is 0 Å². The van der Waals surface area contributed by atoms with Gasteiger partial charge in [0, 0.05) is 17.7 Å². The molecule has 1 heterocycles. The minimum atomic E-state index is -0.757. The highest BCUT2D eigenvalue weighted by atomic mass is 16.5. The summed E-state index contributed by atoms with van der Waals surface area (Å²) in [6, 6.07) is 3.55. The smallest absolute Gasteiger partial charge is 0.238 e. The third-order valence-corrected chi connectivity index (χ3v) is 3.18. The molecule has 0 fully saturated rings. The van der Waals surface area contributed by atoms with Crippen molar-refractivity contribution in [3.05, 3.63) is 30.4 Å². The molecule has 1 aromatic rings. The maximum atomic E-state index is 12.0. The van der Waals surface area contributed by atoms with E-state index in [9.17, 15) is 4.79 Å². The number of benzene rings is 1. The first-order chi connectivity index (χ1) is 8.06. The lowest BCUT2D eigenvalue weighted by Gasteiger charge is -2.19. The van der Waals surface area contributed by atoms with Gasteiger partial charge in [-0.1, -0.05) is 6.08 Å². The Morgan fingerprint density at radius 3 is 2.59 bits per heavy atom. The molecule has 1 aliphatic heterocycles. The number of ether oxygens (including phenoxy) is 2. The van der Waals surface area contributed by atoms with E-state index < -0.39 is 5.41 Å². The largest absolute Gasteiger partial charge is 0.497 e. The van der Waals surface area contributed by atoms with Crippen molar-refractivity contribution in [2.24, 2.45) is 0 Å². The van der Waals surface area contributed by atoms with Gasteiger partial charge in [0.25, 0.3) is 0 Å². The molecule has 0 bridgehead atoms. The van der Waals surface area contributed by atoms with Gasteiger partial charge in [0.15, 0.2) is 0 Å². The van der Waals surface area contributed by atoms with Crippen LogP contribution in [0.15, 0.2) is 24.8 Å². The van der Waals surface area contributed by atoms with Gasteiger partial charge in [-0.25, -0.2) is 0 Å². The fraction of sp³-hybridized carbons (Fsp3) is 0.308. The molecular formula is C13H15NO3. The van der Waals surface area contributed by atoms with Crippen molar-refractivity contribution in [3.63, 3.8) is 0 Å². The molecule has 17 heavy (non-hydrogen) atoms. The summed E-state index contributed by atoms with van der Waals surface area (Å²) in [5, 5.41) is 2.82. The van der Waals surface area contributed by atoms with Crippen molar-refractivity contribution in [1.29, 1.82) is 0 Å². The van der Waals surface area contributed by atoms with Crippen LogP contribution < -0.4 is 14.8 Å². The maximum Gasteiger partial charge on any atom is 0.238 e. The van der Waals surface area contributed by atoms with Gasteiger partial charge in [-0.3, -0.25) is 4.79 Å². The van der Waals surface area contributed by atoms with Crippen molar-refractivity contribution >= 4 is 11.6 Å². The second-order valence-corrected chi connectivity index (χ2v) is 4.11. The van der Waals surface area contributed by atoms with E-state index >= 15 is 0 Å². The topological polar surface area (TPSA) is 47.6 Å². The molecule has 1 aliphatic rings. The molecule has 1 N–H and O–H groups in total. The van der Waals surface area contributed by atoms with Gasteiger partial charge in [-0.2, -0.15) is 0 Å². The van der Waals surface area contributed by atoms with Crippen LogP contribution in [0.1, 0.15) is 12.5 Å². The monoisotopic (exact) mass is 233 g/mol. The number of hydrogen-bond acceptors (Lipinski definition) is 3. The van der Waals surface area contributed by atoms with E-state index in [1.807, 2.05) is 6.92 Å². The highest BCUT2D eigenvalue weighted by Gasteiger charge is 2.43. The minimum absolute atomic E-state index is 0.103. The van der Waals surface area contributed by atoms with E-state index in [0.717, 1.165) is 5.56 Å². The second kappa shape index (κ2) is 3.80. The molecule has 2 rings (SSSR count). The average Bonchev–Trinajstić information content (AvgIpc) is 2.61. The van der Waals surface area contributed by atoms with E-state index in [2.05, 4.69) is 11.9 Å². The Bertz CT molecular complexity index is 496. The van der Waals surface area contributed by atoms with E-state index in [1.165, 1.54) is 0 Å². The van der Waals surface area contributed by atoms with Crippen molar-refractivity contribution in [2.75, 3.05) is 19.5 Å². The number of anilines is 1. The number of nitrogens with one attached hydrogen (secondary N) is 1. The van der Waals surface area contributed by atoms with Crippen molar-refractivity contribution in [3.8, 4) is 11.5 Å². The number of methoxy groups -OCH3 is 2. The van der Waals surface area contributed by atoms with Gasteiger partial charge in [0.2, 0.25) is 5.91 Å². The number of hydrogen-bond donors (Lipinski definition) is 1. The Morgan fingerprint density at radius 2 is 2.06 bits per heavy atom. The summed E-state index contributed by atoms with van der Waals surface area (Å²) in [4.78, 5) is 12.0. The number of fused-ring (bicyclic) bond motifs is 1. The Morgan fingerprint density at radius 1 is 1.35 bits per heavy atom. The summed E-state index contributed by atoms with van der Waals surface area (Å²) in [5.74, 6) is 1.17. The predicted octanol–water partition coefficient (Wildman–Crippen LogP) is 2.10. The number of rotatable bonds is 3. The van der Waals surface area contributed by atoms with Gasteiger partial charge in [-0.15, -0.1) is 6.58 Å². The summed E-state index contributed by atoms with van der Waals surface area (Å²) in [7, 11) is 3.14. The number of carbonyl (C=O) groups excluding carboxylic acids is 1. The lowest BCUT2D eigenvalue weighted by Crippen LogP contribution is -2.28. The Balaban J connectivity index is 2.70. The van der Waals surface area contributed by atoms with Gasteiger partial charge in [0.1, 0.15) is 11.5 Å². The fourth-order valence-corrected chi connectivity index (χ4v) is 2.06. The zero-order valence-electron chi connectivity index (χ0n) is 10.2. The third-order valence-electron chi connectivity index (χ3n) is 3.18. The first-order valence-corrected chi connectivity index (χ1v) is 5.28. The molecule has 0 saturated carbocycles. The molecule has 1 amide bonds. The van der Waals surface area contributed by atoms with Crippen molar-refractivity contribution in [1.82, 2.24) is 0 Å². The maximum absolute atomic E-state index is 12.0. The molecule has 1 unspecified atom stereocenters. The molecule has 0 spiro atoms. The summed E-state index contributed by atoms with van der Waals surface area (Å²) in [6.07, 6.45) is 1.63. The molecule has 0 radical (unpaired) electrons. The lowest BCUT2D eigenvalue weighted by molar-refractivity contribution is -0.118. The zero-order chi connectivity index (χ0) is 12.6. The molecule has 90 valence electrons. The molecule has 1 aromatic carbocycles. The molecule has 0 aromatic heterocycles. The van der Waals surface area contributed by atoms with Crippen LogP contribution in [-0.4, -0.2) is 20.1 Å². The van der Waals surface area contributed by atoms with Crippen LogP contribution in [0.5, 0.6) is 11.5 Å². The Kier molecular flexibility index (Phi) is 2.58. The molecule has 4 heteroatoms. The van der Waals surface area contributed by atoms with Crippen LogP contribution in [0.4, 0.5) is 5.69 Å². The normalized spacial score (nSPS) is 21.7. The van der Waals surface area contributed by atoms with Gasteiger partial charge in [-0.05, 0) is 6.92 Å². The van der Waals surface area contributed by atoms with Crippen LogP contribution >= 0.6 is 0 Å². The lowest BCUT2D eigenvalue weighted by atomic mass is 9.83. The predicted molar refractivity (Wildman–Crippen MR) is 65.7 cm³/mol. The third kappa shape index (κ3) is 1.48.